The number of amides is 2. The number of imide groups is 1. The maximum atomic E-state index is 12.4. The zero-order valence-corrected chi connectivity index (χ0v) is 14.6. The summed E-state index contributed by atoms with van der Waals surface area (Å²) in [6.07, 6.45) is 4.67. The van der Waals surface area contributed by atoms with E-state index in [1.54, 1.807) is 18.2 Å². The summed E-state index contributed by atoms with van der Waals surface area (Å²) < 4.78 is 5.10. The summed E-state index contributed by atoms with van der Waals surface area (Å²) >= 11 is 0. The van der Waals surface area contributed by atoms with Gasteiger partial charge in [0.2, 0.25) is 0 Å². The summed E-state index contributed by atoms with van der Waals surface area (Å²) in [7, 11) is 1.42. The number of benzene rings is 1. The molecule has 1 aliphatic carbocycles. The van der Waals surface area contributed by atoms with E-state index >= 15 is 0 Å². The molecule has 138 valence electrons. The Balaban J connectivity index is 2.00. The molecule has 1 unspecified atom stereocenters. The van der Waals surface area contributed by atoms with Crippen molar-refractivity contribution in [3.63, 3.8) is 0 Å². The van der Waals surface area contributed by atoms with E-state index in [-0.39, 0.29) is 5.56 Å². The van der Waals surface area contributed by atoms with E-state index in [4.69, 9.17) is 16.3 Å². The van der Waals surface area contributed by atoms with Gasteiger partial charge in [-0.1, -0.05) is 44.2 Å². The maximum absolute atomic E-state index is 12.4. The van der Waals surface area contributed by atoms with Crippen molar-refractivity contribution < 1.29 is 19.4 Å². The lowest BCUT2D eigenvalue weighted by molar-refractivity contribution is -0.139. The van der Waals surface area contributed by atoms with Crippen molar-refractivity contribution in [2.24, 2.45) is 17.5 Å². The van der Waals surface area contributed by atoms with Crippen LogP contribution in [0.15, 0.2) is 24.3 Å². The van der Waals surface area contributed by atoms with Gasteiger partial charge in [-0.2, -0.15) is 0 Å². The fourth-order valence-electron chi connectivity index (χ4n) is 3.31. The molecule has 0 aliphatic heterocycles. The smallest absolute Gasteiger partial charge is 0.278 e. The molecule has 0 saturated heterocycles. The minimum absolute atomic E-state index is 0.147. The fourth-order valence-corrected chi connectivity index (χ4v) is 3.31. The average Bonchev–Trinajstić information content (AvgIpc) is 2.66. The highest BCUT2D eigenvalue weighted by atomic mass is 16.5. The van der Waals surface area contributed by atoms with Crippen LogP contribution in [0.5, 0.6) is 5.75 Å². The van der Waals surface area contributed by atoms with Crippen LogP contribution in [0.25, 0.3) is 0 Å². The van der Waals surface area contributed by atoms with Crippen LogP contribution in [-0.4, -0.2) is 41.2 Å². The van der Waals surface area contributed by atoms with Crippen molar-refractivity contribution in [1.82, 2.24) is 5.01 Å². The second-order valence-electron chi connectivity index (χ2n) is 6.56. The quantitative estimate of drug-likeness (QED) is 0.403. The summed E-state index contributed by atoms with van der Waals surface area (Å²) in [6.45, 7) is 0. The zero-order valence-electron chi connectivity index (χ0n) is 14.6. The number of para-hydroxylation sites is 1. The van der Waals surface area contributed by atoms with E-state index in [0.717, 1.165) is 25.7 Å². The SMILES string of the molecule is COc1ccccc1C(=O)N(N)C(=O)C(O)[C@H](N)CC1CCCCC1. The fraction of sp³-hybridized carbons (Fsp3) is 0.556. The average molecular weight is 349 g/mol. The third-order valence-electron chi connectivity index (χ3n) is 4.78. The number of aliphatic hydroxyl groups is 1. The summed E-state index contributed by atoms with van der Waals surface area (Å²) in [6, 6.07) is 5.69. The molecule has 2 rings (SSSR count). The summed E-state index contributed by atoms with van der Waals surface area (Å²) in [5.74, 6) is 4.71. The first kappa shape index (κ1) is 19.4. The second kappa shape index (κ2) is 8.94. The largest absolute Gasteiger partial charge is 0.496 e. The first-order valence-corrected chi connectivity index (χ1v) is 8.65. The molecule has 1 aromatic carbocycles. The summed E-state index contributed by atoms with van der Waals surface area (Å²) in [4.78, 5) is 24.8. The van der Waals surface area contributed by atoms with Gasteiger partial charge in [-0.25, -0.2) is 10.9 Å². The van der Waals surface area contributed by atoms with Crippen molar-refractivity contribution in [3.8, 4) is 5.75 Å². The van der Waals surface area contributed by atoms with Gasteiger partial charge in [0.15, 0.2) is 0 Å². The van der Waals surface area contributed by atoms with Crippen LogP contribution in [0, 0.1) is 5.92 Å². The molecule has 0 heterocycles. The third-order valence-corrected chi connectivity index (χ3v) is 4.78. The number of carbonyl (C=O) groups is 2. The first-order chi connectivity index (χ1) is 12.0. The second-order valence-corrected chi connectivity index (χ2v) is 6.56. The molecule has 0 aromatic heterocycles. The van der Waals surface area contributed by atoms with Gasteiger partial charge in [-0.15, -0.1) is 0 Å². The Morgan fingerprint density at radius 3 is 2.56 bits per heavy atom. The minimum Gasteiger partial charge on any atom is -0.496 e. The van der Waals surface area contributed by atoms with Gasteiger partial charge >= 0.3 is 0 Å². The van der Waals surface area contributed by atoms with Crippen molar-refractivity contribution in [1.29, 1.82) is 0 Å². The highest BCUT2D eigenvalue weighted by Crippen LogP contribution is 2.27. The molecular formula is C18H27N3O4. The molecule has 1 fully saturated rings. The van der Waals surface area contributed by atoms with Crippen LogP contribution in [0.4, 0.5) is 0 Å². The first-order valence-electron chi connectivity index (χ1n) is 8.65. The predicted molar refractivity (Wildman–Crippen MR) is 93.5 cm³/mol. The lowest BCUT2D eigenvalue weighted by atomic mass is 9.84. The minimum atomic E-state index is -1.51. The molecule has 1 saturated carbocycles. The van der Waals surface area contributed by atoms with Crippen molar-refractivity contribution >= 4 is 11.8 Å². The van der Waals surface area contributed by atoms with Gasteiger partial charge < -0.3 is 15.6 Å². The number of hydrogen-bond acceptors (Lipinski definition) is 6. The van der Waals surface area contributed by atoms with Crippen LogP contribution in [-0.2, 0) is 4.79 Å². The van der Waals surface area contributed by atoms with Crippen molar-refractivity contribution in [2.75, 3.05) is 7.11 Å². The molecule has 0 bridgehead atoms. The lowest BCUT2D eigenvalue weighted by Crippen LogP contribution is -2.53. The molecule has 2 amide bonds. The Morgan fingerprint density at radius 1 is 1.28 bits per heavy atom. The van der Waals surface area contributed by atoms with Crippen molar-refractivity contribution in [2.45, 2.75) is 50.7 Å². The maximum Gasteiger partial charge on any atom is 0.278 e. The van der Waals surface area contributed by atoms with Gasteiger partial charge in [0, 0.05) is 6.04 Å². The van der Waals surface area contributed by atoms with Crippen molar-refractivity contribution in [3.05, 3.63) is 29.8 Å². The molecule has 7 nitrogen and oxygen atoms in total. The number of hydrazine groups is 1. The van der Waals surface area contributed by atoms with Crippen LogP contribution in [0.3, 0.4) is 0 Å². The topological polar surface area (TPSA) is 119 Å². The van der Waals surface area contributed by atoms with Gasteiger partial charge in [0.05, 0.1) is 12.7 Å². The molecular weight excluding hydrogens is 322 g/mol. The Morgan fingerprint density at radius 2 is 1.92 bits per heavy atom. The summed E-state index contributed by atoms with van der Waals surface area (Å²) in [5.41, 5.74) is 6.14. The highest BCUT2D eigenvalue weighted by Gasteiger charge is 2.32. The van der Waals surface area contributed by atoms with Crippen LogP contribution in [0.1, 0.15) is 48.9 Å². The number of nitrogens with zero attached hydrogens (tertiary/aromatic N) is 1. The Kier molecular flexibility index (Phi) is 6.92. The number of methoxy groups -OCH3 is 1. The molecule has 1 aromatic rings. The van der Waals surface area contributed by atoms with E-state index in [2.05, 4.69) is 0 Å². The molecule has 2 atom stereocenters. The van der Waals surface area contributed by atoms with E-state index in [1.807, 2.05) is 0 Å². The highest BCUT2D eigenvalue weighted by molar-refractivity contribution is 6.06. The van der Waals surface area contributed by atoms with E-state index in [9.17, 15) is 14.7 Å². The number of ether oxygens (including phenoxy) is 1. The molecule has 0 spiro atoms. The van der Waals surface area contributed by atoms with Gasteiger partial charge in [-0.05, 0) is 24.5 Å². The monoisotopic (exact) mass is 349 g/mol. The summed E-state index contributed by atoms with van der Waals surface area (Å²) in [5, 5.41) is 10.6. The van der Waals surface area contributed by atoms with Gasteiger partial charge in [0.25, 0.3) is 11.8 Å². The standard InChI is InChI=1S/C18H27N3O4/c1-25-15-10-6-5-9-13(15)17(23)21(20)18(24)16(22)14(19)11-12-7-3-2-4-8-12/h5-6,9-10,12,14,16,22H,2-4,7-8,11,19-20H2,1H3/t14-,16?/m1/s1. The molecule has 1 aliphatic rings. The predicted octanol–water partition coefficient (Wildman–Crippen LogP) is 1.20. The van der Waals surface area contributed by atoms with Crippen LogP contribution in [0.2, 0.25) is 0 Å². The van der Waals surface area contributed by atoms with E-state index < -0.39 is 24.0 Å². The number of nitrogens with two attached hydrogens (primary N) is 2. The zero-order chi connectivity index (χ0) is 18.4. The number of hydrogen-bond donors (Lipinski definition) is 3. The van der Waals surface area contributed by atoms with Gasteiger partial charge in [-0.3, -0.25) is 9.59 Å². The van der Waals surface area contributed by atoms with Crippen LogP contribution >= 0.6 is 0 Å². The Hall–Kier alpha value is -1.96. The number of rotatable bonds is 6. The normalized spacial score (nSPS) is 17.6. The molecule has 25 heavy (non-hydrogen) atoms. The lowest BCUT2D eigenvalue weighted by Gasteiger charge is -2.28. The molecule has 7 heteroatoms. The number of carbonyl (C=O) groups excluding carboxylic acids is 2. The molecule has 5 N–H and O–H groups in total. The third kappa shape index (κ3) is 4.78. The van der Waals surface area contributed by atoms with Crippen LogP contribution < -0.4 is 16.3 Å². The van der Waals surface area contributed by atoms with E-state index in [0.29, 0.717) is 23.1 Å². The van der Waals surface area contributed by atoms with E-state index in [1.165, 1.54) is 19.6 Å². The molecule has 0 radical (unpaired) electrons. The van der Waals surface area contributed by atoms with Gasteiger partial charge in [0.1, 0.15) is 11.9 Å². The Bertz CT molecular complexity index is 602. The number of aliphatic hydroxyl groups excluding tert-OH is 1. The Labute approximate surface area is 147 Å².